The average Bonchev–Trinajstić information content (AvgIpc) is 2.49. The van der Waals surface area contributed by atoms with Crippen LogP contribution in [0.2, 0.25) is 0 Å². The molecular formula is C19H20N2. The zero-order chi connectivity index (χ0) is 14.8. The van der Waals surface area contributed by atoms with Gasteiger partial charge in [0.2, 0.25) is 0 Å². The Hall–Kier alpha value is -2.35. The summed E-state index contributed by atoms with van der Waals surface area (Å²) in [6.07, 6.45) is 4.22. The highest BCUT2D eigenvalue weighted by molar-refractivity contribution is 6.10. The first-order valence-electron chi connectivity index (χ1n) is 7.24. The molecule has 0 spiro atoms. The molecule has 1 atom stereocenters. The predicted molar refractivity (Wildman–Crippen MR) is 89.3 cm³/mol. The lowest BCUT2D eigenvalue weighted by Gasteiger charge is -2.28. The van der Waals surface area contributed by atoms with Gasteiger partial charge < -0.3 is 4.90 Å². The van der Waals surface area contributed by atoms with Gasteiger partial charge in [-0.2, -0.15) is 0 Å². The van der Waals surface area contributed by atoms with Crippen LogP contribution in [0.5, 0.6) is 0 Å². The molecule has 0 aliphatic carbocycles. The summed E-state index contributed by atoms with van der Waals surface area (Å²) < 4.78 is 0. The number of aliphatic imine (C=N–C) groups is 1. The highest BCUT2D eigenvalue weighted by atomic mass is 15.2. The van der Waals surface area contributed by atoms with Gasteiger partial charge in [-0.1, -0.05) is 59.7 Å². The second-order valence-corrected chi connectivity index (χ2v) is 5.68. The molecule has 1 aliphatic rings. The molecule has 1 unspecified atom stereocenters. The molecule has 0 N–H and O–H groups in total. The van der Waals surface area contributed by atoms with Gasteiger partial charge >= 0.3 is 0 Å². The number of allylic oxidation sites excluding steroid dienone is 1. The molecule has 2 nitrogen and oxygen atoms in total. The summed E-state index contributed by atoms with van der Waals surface area (Å²) in [7, 11) is 2.08. The third-order valence-electron chi connectivity index (χ3n) is 3.84. The van der Waals surface area contributed by atoms with Gasteiger partial charge in [0.25, 0.3) is 0 Å². The van der Waals surface area contributed by atoms with Crippen molar-refractivity contribution >= 4 is 11.8 Å². The van der Waals surface area contributed by atoms with Crippen LogP contribution < -0.4 is 0 Å². The highest BCUT2D eigenvalue weighted by Crippen LogP contribution is 2.27. The smallest absolute Gasteiger partial charge is 0.146 e. The molecular weight excluding hydrogens is 256 g/mol. The molecule has 21 heavy (non-hydrogen) atoms. The van der Waals surface area contributed by atoms with Crippen molar-refractivity contribution in [3.8, 4) is 0 Å². The summed E-state index contributed by atoms with van der Waals surface area (Å²) in [6.45, 7) is 4.21. The molecule has 0 saturated heterocycles. The minimum Gasteiger partial charge on any atom is -0.355 e. The Morgan fingerprint density at radius 1 is 0.857 bits per heavy atom. The summed E-state index contributed by atoms with van der Waals surface area (Å²) in [5.41, 5.74) is 6.13. The van der Waals surface area contributed by atoms with E-state index in [1.165, 1.54) is 22.3 Å². The van der Waals surface area contributed by atoms with Gasteiger partial charge in [0, 0.05) is 25.0 Å². The van der Waals surface area contributed by atoms with Crippen LogP contribution >= 0.6 is 0 Å². The maximum absolute atomic E-state index is 4.72. The SMILES string of the molecule is Cc1ccc(C2=CN(C)C(c3ccc(C)cc3)N=C2)cc1. The Bertz CT molecular complexity index is 679. The normalized spacial score (nSPS) is 17.8. The van der Waals surface area contributed by atoms with Crippen LogP contribution in [-0.2, 0) is 0 Å². The van der Waals surface area contributed by atoms with E-state index in [1.54, 1.807) is 0 Å². The quantitative estimate of drug-likeness (QED) is 0.795. The summed E-state index contributed by atoms with van der Waals surface area (Å²) in [5.74, 6) is 0. The van der Waals surface area contributed by atoms with E-state index in [0.29, 0.717) is 0 Å². The van der Waals surface area contributed by atoms with E-state index in [4.69, 9.17) is 4.99 Å². The second-order valence-electron chi connectivity index (χ2n) is 5.68. The minimum atomic E-state index is 0.0693. The number of nitrogens with zero attached hydrogens (tertiary/aromatic N) is 2. The number of rotatable bonds is 2. The van der Waals surface area contributed by atoms with E-state index in [9.17, 15) is 0 Å². The molecule has 0 fully saturated rings. The molecule has 2 aromatic carbocycles. The Morgan fingerprint density at radius 2 is 1.43 bits per heavy atom. The molecule has 0 radical (unpaired) electrons. The van der Waals surface area contributed by atoms with Gasteiger partial charge in [0.1, 0.15) is 6.17 Å². The third kappa shape index (κ3) is 2.89. The van der Waals surface area contributed by atoms with Crippen molar-refractivity contribution in [3.05, 3.63) is 77.0 Å². The van der Waals surface area contributed by atoms with Gasteiger partial charge in [-0.3, -0.25) is 4.99 Å². The predicted octanol–water partition coefficient (Wildman–Crippen LogP) is 4.36. The topological polar surface area (TPSA) is 15.6 Å². The summed E-state index contributed by atoms with van der Waals surface area (Å²) >= 11 is 0. The fourth-order valence-corrected chi connectivity index (χ4v) is 2.53. The number of benzene rings is 2. The summed E-state index contributed by atoms with van der Waals surface area (Å²) in [4.78, 5) is 6.89. The Labute approximate surface area is 126 Å². The Kier molecular flexibility index (Phi) is 3.61. The van der Waals surface area contributed by atoms with Crippen LogP contribution in [0.1, 0.15) is 28.4 Å². The molecule has 3 rings (SSSR count). The molecule has 106 valence electrons. The molecule has 1 heterocycles. The first kappa shape index (κ1) is 13.6. The van der Waals surface area contributed by atoms with Gasteiger partial charge in [-0.05, 0) is 25.0 Å². The zero-order valence-electron chi connectivity index (χ0n) is 12.7. The van der Waals surface area contributed by atoms with Crippen LogP contribution in [0.4, 0.5) is 0 Å². The van der Waals surface area contributed by atoms with E-state index in [1.807, 2.05) is 6.21 Å². The van der Waals surface area contributed by atoms with Crippen molar-refractivity contribution in [2.75, 3.05) is 7.05 Å². The molecule has 0 bridgehead atoms. The van der Waals surface area contributed by atoms with E-state index in [0.717, 1.165) is 5.57 Å². The third-order valence-corrected chi connectivity index (χ3v) is 3.84. The van der Waals surface area contributed by atoms with E-state index >= 15 is 0 Å². The van der Waals surface area contributed by atoms with Crippen molar-refractivity contribution in [1.29, 1.82) is 0 Å². The van der Waals surface area contributed by atoms with Crippen LogP contribution in [0.15, 0.2) is 59.7 Å². The maximum Gasteiger partial charge on any atom is 0.146 e. The summed E-state index contributed by atoms with van der Waals surface area (Å²) in [5, 5.41) is 0. The molecule has 0 aromatic heterocycles. The Balaban J connectivity index is 1.84. The summed E-state index contributed by atoms with van der Waals surface area (Å²) in [6, 6.07) is 17.1. The zero-order valence-corrected chi connectivity index (χ0v) is 12.7. The molecule has 0 amide bonds. The maximum atomic E-state index is 4.72. The molecule has 2 heteroatoms. The van der Waals surface area contributed by atoms with E-state index in [2.05, 4.69) is 80.5 Å². The van der Waals surface area contributed by atoms with Crippen LogP contribution in [0, 0.1) is 13.8 Å². The highest BCUT2D eigenvalue weighted by Gasteiger charge is 2.17. The number of hydrogen-bond acceptors (Lipinski definition) is 2. The molecule has 1 aliphatic heterocycles. The Morgan fingerprint density at radius 3 is 2.00 bits per heavy atom. The largest absolute Gasteiger partial charge is 0.355 e. The van der Waals surface area contributed by atoms with Gasteiger partial charge in [0.15, 0.2) is 0 Å². The second kappa shape index (κ2) is 5.57. The minimum absolute atomic E-state index is 0.0693. The fourth-order valence-electron chi connectivity index (χ4n) is 2.53. The van der Waals surface area contributed by atoms with Crippen molar-refractivity contribution < 1.29 is 0 Å². The molecule has 2 aromatic rings. The lowest BCUT2D eigenvalue weighted by atomic mass is 10.0. The first-order chi connectivity index (χ1) is 10.1. The average molecular weight is 276 g/mol. The lowest BCUT2D eigenvalue weighted by molar-refractivity contribution is 0.347. The van der Waals surface area contributed by atoms with Gasteiger partial charge in [-0.25, -0.2) is 0 Å². The number of aryl methyl sites for hydroxylation is 2. The molecule has 0 saturated carbocycles. The van der Waals surface area contributed by atoms with E-state index in [-0.39, 0.29) is 6.17 Å². The van der Waals surface area contributed by atoms with Gasteiger partial charge in [-0.15, -0.1) is 0 Å². The van der Waals surface area contributed by atoms with Crippen molar-refractivity contribution in [3.63, 3.8) is 0 Å². The van der Waals surface area contributed by atoms with Crippen molar-refractivity contribution in [1.82, 2.24) is 4.90 Å². The first-order valence-corrected chi connectivity index (χ1v) is 7.24. The standard InChI is InChI=1S/C19H20N2/c1-14-4-8-16(9-5-14)18-12-20-19(21(3)13-18)17-10-6-15(2)7-11-17/h4-13,19H,1-3H3. The van der Waals surface area contributed by atoms with Crippen LogP contribution in [-0.4, -0.2) is 18.2 Å². The van der Waals surface area contributed by atoms with Crippen molar-refractivity contribution in [2.45, 2.75) is 20.0 Å². The van der Waals surface area contributed by atoms with Crippen LogP contribution in [0.3, 0.4) is 0 Å². The van der Waals surface area contributed by atoms with Crippen LogP contribution in [0.25, 0.3) is 5.57 Å². The number of hydrogen-bond donors (Lipinski definition) is 0. The monoisotopic (exact) mass is 276 g/mol. The van der Waals surface area contributed by atoms with Crippen molar-refractivity contribution in [2.24, 2.45) is 4.99 Å². The fraction of sp³-hybridized carbons (Fsp3) is 0.211. The lowest BCUT2D eigenvalue weighted by Crippen LogP contribution is -2.21. The van der Waals surface area contributed by atoms with Gasteiger partial charge in [0.05, 0.1) is 0 Å². The van der Waals surface area contributed by atoms with E-state index < -0.39 is 0 Å².